The van der Waals surface area contributed by atoms with Gasteiger partial charge in [0.15, 0.2) is 0 Å². The maximum atomic E-state index is 4.25. The van der Waals surface area contributed by atoms with Gasteiger partial charge < -0.3 is 5.32 Å². The van der Waals surface area contributed by atoms with Crippen molar-refractivity contribution in [2.45, 2.75) is 78.6 Å². The van der Waals surface area contributed by atoms with E-state index >= 15 is 0 Å². The first-order valence-corrected chi connectivity index (χ1v) is 12.0. The van der Waals surface area contributed by atoms with Gasteiger partial charge >= 0.3 is 0 Å². The zero-order valence-corrected chi connectivity index (χ0v) is 20.4. The van der Waals surface area contributed by atoms with Crippen molar-refractivity contribution in [3.63, 3.8) is 0 Å². The third-order valence-electron chi connectivity index (χ3n) is 5.97. The van der Waals surface area contributed by atoms with E-state index < -0.39 is 0 Å². The molecule has 1 aliphatic rings. The molecule has 31 heavy (non-hydrogen) atoms. The molecular formula is C30H45N. The molecule has 0 bridgehead atoms. The average molecular weight is 420 g/mol. The van der Waals surface area contributed by atoms with Crippen LogP contribution >= 0.6 is 0 Å². The highest BCUT2D eigenvalue weighted by atomic mass is 14.9. The van der Waals surface area contributed by atoms with E-state index in [0.717, 1.165) is 25.0 Å². The van der Waals surface area contributed by atoms with E-state index in [2.05, 4.69) is 82.8 Å². The molecule has 0 saturated carbocycles. The maximum absolute atomic E-state index is 4.25. The molecule has 0 radical (unpaired) electrons. The average Bonchev–Trinajstić information content (AvgIpc) is 2.75. The summed E-state index contributed by atoms with van der Waals surface area (Å²) in [7, 11) is 0. The van der Waals surface area contributed by atoms with Gasteiger partial charge in [0.05, 0.1) is 0 Å². The molecular weight excluding hydrogens is 374 g/mol. The summed E-state index contributed by atoms with van der Waals surface area (Å²) in [5, 5.41) is 3.45. The molecule has 0 aromatic rings. The van der Waals surface area contributed by atoms with Crippen molar-refractivity contribution in [2.75, 3.05) is 6.54 Å². The van der Waals surface area contributed by atoms with Gasteiger partial charge in [0, 0.05) is 12.2 Å². The van der Waals surface area contributed by atoms with Crippen molar-refractivity contribution in [1.82, 2.24) is 5.32 Å². The quantitative estimate of drug-likeness (QED) is 0.159. The second kappa shape index (κ2) is 15.5. The number of unbranched alkanes of at least 4 members (excludes halogenated alkanes) is 3. The summed E-state index contributed by atoms with van der Waals surface area (Å²) in [4.78, 5) is 0. The van der Waals surface area contributed by atoms with Crippen LogP contribution in [0.3, 0.4) is 0 Å². The number of rotatable bonds is 15. The lowest BCUT2D eigenvalue weighted by molar-refractivity contribution is 0.509. The van der Waals surface area contributed by atoms with Gasteiger partial charge in [-0.1, -0.05) is 86.6 Å². The van der Waals surface area contributed by atoms with Crippen LogP contribution in [0, 0.1) is 5.92 Å². The van der Waals surface area contributed by atoms with Crippen LogP contribution < -0.4 is 5.32 Å². The van der Waals surface area contributed by atoms with Crippen LogP contribution in [-0.2, 0) is 0 Å². The highest BCUT2D eigenvalue weighted by Crippen LogP contribution is 2.27. The van der Waals surface area contributed by atoms with E-state index in [1.54, 1.807) is 6.08 Å². The SMILES string of the molecule is C=CC(=C)/C=C\C(=C/C)C(CCCCCCC(=C)/C=C\C1=C(C)NCCC1)CC(=C)C. The highest BCUT2D eigenvalue weighted by molar-refractivity contribution is 5.33. The second-order valence-electron chi connectivity index (χ2n) is 8.88. The molecule has 1 N–H and O–H groups in total. The molecule has 1 atom stereocenters. The van der Waals surface area contributed by atoms with Gasteiger partial charge in [0.1, 0.15) is 0 Å². The number of allylic oxidation sites excluding steroid dienone is 12. The fourth-order valence-corrected chi connectivity index (χ4v) is 4.01. The summed E-state index contributed by atoms with van der Waals surface area (Å²) in [6.07, 6.45) is 23.6. The maximum Gasteiger partial charge on any atom is 0.0147 e. The number of hydrogen-bond donors (Lipinski definition) is 1. The van der Waals surface area contributed by atoms with Crippen molar-refractivity contribution in [1.29, 1.82) is 0 Å². The Morgan fingerprint density at radius 3 is 2.45 bits per heavy atom. The van der Waals surface area contributed by atoms with Crippen LogP contribution in [0.5, 0.6) is 0 Å². The summed E-state index contributed by atoms with van der Waals surface area (Å²) in [5.74, 6) is 0.537. The van der Waals surface area contributed by atoms with Gasteiger partial charge in [-0.25, -0.2) is 0 Å². The summed E-state index contributed by atoms with van der Waals surface area (Å²) >= 11 is 0. The first-order chi connectivity index (χ1) is 14.9. The van der Waals surface area contributed by atoms with Crippen LogP contribution in [0.2, 0.25) is 0 Å². The van der Waals surface area contributed by atoms with Crippen molar-refractivity contribution < 1.29 is 0 Å². The van der Waals surface area contributed by atoms with E-state index in [9.17, 15) is 0 Å². The summed E-state index contributed by atoms with van der Waals surface area (Å²) in [6.45, 7) is 23.7. The Balaban J connectivity index is 2.39. The Hall–Kier alpha value is -2.28. The smallest absolute Gasteiger partial charge is 0.0147 e. The molecule has 0 aromatic heterocycles. The third-order valence-corrected chi connectivity index (χ3v) is 5.97. The Kier molecular flexibility index (Phi) is 13.4. The molecule has 1 unspecified atom stereocenters. The fourth-order valence-electron chi connectivity index (χ4n) is 4.01. The van der Waals surface area contributed by atoms with Gasteiger partial charge in [-0.05, 0) is 81.9 Å². The minimum absolute atomic E-state index is 0.537. The molecule has 0 spiro atoms. The minimum atomic E-state index is 0.537. The molecule has 0 aliphatic carbocycles. The van der Waals surface area contributed by atoms with Crippen LogP contribution in [0.25, 0.3) is 0 Å². The lowest BCUT2D eigenvalue weighted by Crippen LogP contribution is -2.19. The molecule has 1 nitrogen and oxygen atoms in total. The highest BCUT2D eigenvalue weighted by Gasteiger charge is 2.12. The van der Waals surface area contributed by atoms with Crippen molar-refractivity contribution in [3.05, 3.63) is 96.3 Å². The third kappa shape index (κ3) is 11.6. The first-order valence-electron chi connectivity index (χ1n) is 12.0. The van der Waals surface area contributed by atoms with E-state index in [-0.39, 0.29) is 0 Å². The van der Waals surface area contributed by atoms with Gasteiger partial charge in [-0.3, -0.25) is 0 Å². The molecule has 1 heteroatoms. The van der Waals surface area contributed by atoms with E-state index in [4.69, 9.17) is 0 Å². The van der Waals surface area contributed by atoms with Crippen molar-refractivity contribution >= 4 is 0 Å². The molecule has 0 aromatic carbocycles. The summed E-state index contributed by atoms with van der Waals surface area (Å²) < 4.78 is 0. The monoisotopic (exact) mass is 419 g/mol. The normalized spacial score (nSPS) is 15.9. The number of nitrogens with one attached hydrogen (secondary N) is 1. The molecule has 0 amide bonds. The fraction of sp³-hybridized carbons (Fsp3) is 0.467. The van der Waals surface area contributed by atoms with Gasteiger partial charge in [0.2, 0.25) is 0 Å². The summed E-state index contributed by atoms with van der Waals surface area (Å²) in [6, 6.07) is 0. The van der Waals surface area contributed by atoms with Crippen LogP contribution in [0.1, 0.15) is 78.6 Å². The molecule has 1 heterocycles. The molecule has 1 aliphatic heterocycles. The zero-order valence-electron chi connectivity index (χ0n) is 20.4. The molecule has 0 fully saturated rings. The molecule has 1 rings (SSSR count). The van der Waals surface area contributed by atoms with E-state index in [1.807, 2.05) is 0 Å². The Labute approximate surface area is 192 Å². The summed E-state index contributed by atoms with van der Waals surface area (Å²) in [5.41, 5.74) is 7.59. The Morgan fingerprint density at radius 2 is 1.81 bits per heavy atom. The zero-order chi connectivity index (χ0) is 23.1. The lowest BCUT2D eigenvalue weighted by Gasteiger charge is -2.19. The Bertz CT molecular complexity index is 738. The second-order valence-corrected chi connectivity index (χ2v) is 8.88. The van der Waals surface area contributed by atoms with Crippen molar-refractivity contribution in [2.24, 2.45) is 5.92 Å². The van der Waals surface area contributed by atoms with Crippen LogP contribution in [0.4, 0.5) is 0 Å². The first kappa shape index (κ1) is 26.8. The molecule has 0 saturated heterocycles. The van der Waals surface area contributed by atoms with Gasteiger partial charge in [-0.15, -0.1) is 6.58 Å². The predicted octanol–water partition coefficient (Wildman–Crippen LogP) is 8.92. The standard InChI is InChI=1S/C30H45N/c1-8-25(5)18-20-28(9-2)30(23-24(3)4)16-13-11-10-12-15-26(6)19-21-29-17-14-22-31-27(29)7/h8-9,18-21,30-31H,1,3,5-6,10-17,22-23H2,2,4,7H3/b20-18-,21-19-,28-9+. The largest absolute Gasteiger partial charge is 0.388 e. The van der Waals surface area contributed by atoms with Crippen molar-refractivity contribution in [3.8, 4) is 0 Å². The van der Waals surface area contributed by atoms with Crippen LogP contribution in [0.15, 0.2) is 96.3 Å². The van der Waals surface area contributed by atoms with Gasteiger partial charge in [-0.2, -0.15) is 0 Å². The topological polar surface area (TPSA) is 12.0 Å². The number of hydrogen-bond acceptors (Lipinski definition) is 1. The van der Waals surface area contributed by atoms with E-state index in [1.165, 1.54) is 72.9 Å². The Morgan fingerprint density at radius 1 is 1.06 bits per heavy atom. The van der Waals surface area contributed by atoms with Crippen LogP contribution in [-0.4, -0.2) is 6.54 Å². The van der Waals surface area contributed by atoms with Gasteiger partial charge in [0.25, 0.3) is 0 Å². The predicted molar refractivity (Wildman–Crippen MR) is 141 cm³/mol. The minimum Gasteiger partial charge on any atom is -0.388 e. The molecule has 170 valence electrons. The lowest BCUT2D eigenvalue weighted by atomic mass is 9.87. The van der Waals surface area contributed by atoms with E-state index in [0.29, 0.717) is 5.92 Å².